The third-order valence-electron chi connectivity index (χ3n) is 3.12. The number of hydrogen-bond donors (Lipinski definition) is 3. The van der Waals surface area contributed by atoms with Crippen LogP contribution in [0.3, 0.4) is 0 Å². The number of fused-ring (bicyclic) bond motifs is 1. The van der Waals surface area contributed by atoms with Gasteiger partial charge in [0.15, 0.2) is 0 Å². The van der Waals surface area contributed by atoms with Crippen LogP contribution in [-0.4, -0.2) is 9.55 Å². The Balaban J connectivity index is 2.39. The van der Waals surface area contributed by atoms with Crippen LogP contribution in [0, 0.1) is 5.82 Å². The van der Waals surface area contributed by atoms with E-state index in [0.717, 1.165) is 10.6 Å². The van der Waals surface area contributed by atoms with Crippen LogP contribution in [0.1, 0.15) is 0 Å². The van der Waals surface area contributed by atoms with Gasteiger partial charge in [0, 0.05) is 10.6 Å². The molecule has 0 fully saturated rings. The smallest absolute Gasteiger partial charge is 0.333 e. The molecule has 0 saturated heterocycles. The summed E-state index contributed by atoms with van der Waals surface area (Å²) in [6, 6.07) is 8.60. The van der Waals surface area contributed by atoms with Crippen molar-refractivity contribution in [2.24, 2.45) is 0 Å². The molecule has 5 nitrogen and oxygen atoms in total. The molecule has 1 heterocycles. The van der Waals surface area contributed by atoms with E-state index in [2.05, 4.69) is 17.6 Å². The fourth-order valence-electron chi connectivity index (χ4n) is 2.08. The van der Waals surface area contributed by atoms with Crippen LogP contribution >= 0.6 is 12.6 Å². The first-order valence-electron chi connectivity index (χ1n) is 6.01. The number of anilines is 1. The van der Waals surface area contributed by atoms with Crippen molar-refractivity contribution in [2.45, 2.75) is 4.90 Å². The minimum atomic E-state index is -0.626. The Bertz CT molecular complexity index is 961. The average Bonchev–Trinajstić information content (AvgIpc) is 2.43. The molecule has 7 heteroatoms. The molecule has 0 radical (unpaired) electrons. The minimum absolute atomic E-state index is 0.0581. The summed E-state index contributed by atoms with van der Waals surface area (Å²) >= 11 is 3.93. The van der Waals surface area contributed by atoms with Gasteiger partial charge < -0.3 is 10.7 Å². The quantitative estimate of drug-likeness (QED) is 0.473. The van der Waals surface area contributed by atoms with Gasteiger partial charge in [-0.3, -0.25) is 4.79 Å². The normalized spacial score (nSPS) is 11.0. The molecule has 0 saturated carbocycles. The lowest BCUT2D eigenvalue weighted by molar-refractivity contribution is 0.604. The zero-order valence-electron chi connectivity index (χ0n) is 10.6. The SMILES string of the molecule is Nc1ccc(-n2c(=O)[nH]c3cc(S)c(F)cc3c2=O)cc1. The van der Waals surface area contributed by atoms with E-state index >= 15 is 0 Å². The van der Waals surface area contributed by atoms with Gasteiger partial charge in [0.1, 0.15) is 5.82 Å². The van der Waals surface area contributed by atoms with E-state index in [1.165, 1.54) is 6.07 Å². The molecule has 0 aliphatic heterocycles. The second-order valence-electron chi connectivity index (χ2n) is 4.51. The number of rotatable bonds is 1. The number of aromatic nitrogens is 2. The Morgan fingerprint density at radius 1 is 1.14 bits per heavy atom. The molecule has 2 aromatic carbocycles. The number of H-pyrrole nitrogens is 1. The van der Waals surface area contributed by atoms with Crippen molar-refractivity contribution in [3.63, 3.8) is 0 Å². The molecule has 1 aromatic heterocycles. The van der Waals surface area contributed by atoms with Gasteiger partial charge >= 0.3 is 5.69 Å². The van der Waals surface area contributed by atoms with Gasteiger partial charge in [-0.05, 0) is 36.4 Å². The molecule has 0 aliphatic carbocycles. The van der Waals surface area contributed by atoms with Crippen molar-refractivity contribution in [1.82, 2.24) is 9.55 Å². The summed E-state index contributed by atoms with van der Waals surface area (Å²) < 4.78 is 14.5. The highest BCUT2D eigenvalue weighted by Crippen LogP contribution is 2.17. The Labute approximate surface area is 123 Å². The number of nitrogen functional groups attached to an aromatic ring is 1. The van der Waals surface area contributed by atoms with E-state index in [0.29, 0.717) is 11.4 Å². The fraction of sp³-hybridized carbons (Fsp3) is 0. The maximum absolute atomic E-state index is 13.6. The molecule has 0 amide bonds. The van der Waals surface area contributed by atoms with Crippen LogP contribution in [0.4, 0.5) is 10.1 Å². The van der Waals surface area contributed by atoms with E-state index in [9.17, 15) is 14.0 Å². The molecule has 0 unspecified atom stereocenters. The average molecular weight is 303 g/mol. The number of nitrogens with two attached hydrogens (primary N) is 1. The van der Waals surface area contributed by atoms with Crippen molar-refractivity contribution in [3.8, 4) is 5.69 Å². The van der Waals surface area contributed by atoms with Gasteiger partial charge in [0.25, 0.3) is 5.56 Å². The first kappa shape index (κ1) is 13.4. The predicted molar refractivity (Wildman–Crippen MR) is 81.8 cm³/mol. The number of benzene rings is 2. The molecule has 3 rings (SSSR count). The van der Waals surface area contributed by atoms with Gasteiger partial charge in [-0.2, -0.15) is 0 Å². The predicted octanol–water partition coefficient (Wildman–Crippen LogP) is 1.69. The summed E-state index contributed by atoms with van der Waals surface area (Å²) in [7, 11) is 0. The molecule has 0 atom stereocenters. The monoisotopic (exact) mass is 303 g/mol. The van der Waals surface area contributed by atoms with E-state index in [1.807, 2.05) is 0 Å². The van der Waals surface area contributed by atoms with Crippen LogP contribution < -0.4 is 17.0 Å². The maximum Gasteiger partial charge on any atom is 0.333 e. The van der Waals surface area contributed by atoms with Crippen LogP contribution in [0.15, 0.2) is 50.9 Å². The second kappa shape index (κ2) is 4.78. The first-order valence-corrected chi connectivity index (χ1v) is 6.45. The second-order valence-corrected chi connectivity index (χ2v) is 4.99. The zero-order chi connectivity index (χ0) is 15.1. The van der Waals surface area contributed by atoms with Gasteiger partial charge in [-0.15, -0.1) is 12.6 Å². The molecule has 3 N–H and O–H groups in total. The molecule has 21 heavy (non-hydrogen) atoms. The summed E-state index contributed by atoms with van der Waals surface area (Å²) in [6.45, 7) is 0. The van der Waals surface area contributed by atoms with Crippen LogP contribution in [-0.2, 0) is 0 Å². The van der Waals surface area contributed by atoms with Gasteiger partial charge in [-0.1, -0.05) is 0 Å². The third-order valence-corrected chi connectivity index (χ3v) is 3.46. The van der Waals surface area contributed by atoms with E-state index in [4.69, 9.17) is 5.73 Å². The van der Waals surface area contributed by atoms with Gasteiger partial charge in [-0.25, -0.2) is 13.8 Å². The Morgan fingerprint density at radius 2 is 1.81 bits per heavy atom. The minimum Gasteiger partial charge on any atom is -0.399 e. The first-order chi connectivity index (χ1) is 9.97. The molecule has 0 bridgehead atoms. The van der Waals surface area contributed by atoms with E-state index in [-0.39, 0.29) is 15.8 Å². The Morgan fingerprint density at radius 3 is 2.48 bits per heavy atom. The highest BCUT2D eigenvalue weighted by molar-refractivity contribution is 7.80. The van der Waals surface area contributed by atoms with Crippen molar-refractivity contribution in [3.05, 3.63) is 63.1 Å². The molecular weight excluding hydrogens is 293 g/mol. The lowest BCUT2D eigenvalue weighted by Gasteiger charge is -2.07. The molecule has 106 valence electrons. The third kappa shape index (κ3) is 2.21. The fourth-order valence-corrected chi connectivity index (χ4v) is 2.28. The van der Waals surface area contributed by atoms with E-state index < -0.39 is 17.1 Å². The maximum atomic E-state index is 13.6. The summed E-state index contributed by atoms with van der Waals surface area (Å²) in [5.41, 5.74) is 5.46. The largest absolute Gasteiger partial charge is 0.399 e. The number of thiol groups is 1. The van der Waals surface area contributed by atoms with E-state index in [1.54, 1.807) is 24.3 Å². The number of hydrogen-bond acceptors (Lipinski definition) is 4. The number of halogens is 1. The molecule has 3 aromatic rings. The number of nitrogens with one attached hydrogen (secondary N) is 1. The standard InChI is InChI=1S/C14H10FN3O2S/c15-10-5-9-11(6-12(10)21)17-14(20)18(13(9)19)8-3-1-7(16)2-4-8/h1-6,21H,16H2,(H,17,20). The van der Waals surface area contributed by atoms with Gasteiger partial charge in [0.05, 0.1) is 16.6 Å². The summed E-state index contributed by atoms with van der Waals surface area (Å²) in [5, 5.41) is 0.0710. The van der Waals surface area contributed by atoms with Crippen molar-refractivity contribution >= 4 is 29.2 Å². The van der Waals surface area contributed by atoms with Crippen LogP contribution in [0.2, 0.25) is 0 Å². The lowest BCUT2D eigenvalue weighted by Crippen LogP contribution is -2.33. The molecule has 0 aliphatic rings. The van der Waals surface area contributed by atoms with Crippen LogP contribution in [0.5, 0.6) is 0 Å². The summed E-state index contributed by atoms with van der Waals surface area (Å²) in [6.07, 6.45) is 0. The molecular formula is C14H10FN3O2S. The van der Waals surface area contributed by atoms with Crippen molar-refractivity contribution < 1.29 is 4.39 Å². The van der Waals surface area contributed by atoms with Crippen LogP contribution in [0.25, 0.3) is 16.6 Å². The zero-order valence-corrected chi connectivity index (χ0v) is 11.5. The summed E-state index contributed by atoms with van der Waals surface area (Å²) in [5.74, 6) is -0.626. The lowest BCUT2D eigenvalue weighted by atomic mass is 10.2. The Hall–Kier alpha value is -2.54. The van der Waals surface area contributed by atoms with Crippen molar-refractivity contribution in [2.75, 3.05) is 5.73 Å². The van der Waals surface area contributed by atoms with Gasteiger partial charge in [0.2, 0.25) is 0 Å². The number of aromatic amines is 1. The highest BCUT2D eigenvalue weighted by atomic mass is 32.1. The number of nitrogens with zero attached hydrogens (tertiary/aromatic N) is 1. The summed E-state index contributed by atoms with van der Waals surface area (Å²) in [4.78, 5) is 27.1. The Kier molecular flexibility index (Phi) is 3.06. The topological polar surface area (TPSA) is 80.9 Å². The molecule has 0 spiro atoms. The van der Waals surface area contributed by atoms with Crippen molar-refractivity contribution in [1.29, 1.82) is 0 Å². The highest BCUT2D eigenvalue weighted by Gasteiger charge is 2.11.